The van der Waals surface area contributed by atoms with Crippen molar-refractivity contribution in [3.63, 3.8) is 0 Å². The van der Waals surface area contributed by atoms with E-state index in [0.717, 1.165) is 6.07 Å². The molecule has 20 heavy (non-hydrogen) atoms. The monoisotopic (exact) mass is 302 g/mol. The molecule has 0 amide bonds. The van der Waals surface area contributed by atoms with Gasteiger partial charge in [0.25, 0.3) is 0 Å². The van der Waals surface area contributed by atoms with Gasteiger partial charge in [-0.25, -0.2) is 12.8 Å². The number of sulfonamides is 1. The predicted octanol–water partition coefficient (Wildman–Crippen LogP) is 1.21. The number of nitrogens with zero attached hydrogens (tertiary/aromatic N) is 1. The summed E-state index contributed by atoms with van der Waals surface area (Å²) < 4.78 is 44.9. The molecule has 1 aromatic rings. The van der Waals surface area contributed by atoms with Gasteiger partial charge in [-0.15, -0.1) is 0 Å². The maximum atomic E-state index is 13.7. The van der Waals surface area contributed by atoms with Gasteiger partial charge in [-0.1, -0.05) is 0 Å². The van der Waals surface area contributed by atoms with Gasteiger partial charge in [-0.2, -0.15) is 4.31 Å². The number of methoxy groups -OCH3 is 1. The van der Waals surface area contributed by atoms with Gasteiger partial charge in [0.1, 0.15) is 0 Å². The molecule has 0 spiro atoms. The van der Waals surface area contributed by atoms with Crippen molar-refractivity contribution in [3.05, 3.63) is 24.0 Å². The lowest BCUT2D eigenvalue weighted by molar-refractivity contribution is 0.263. The standard InChI is InChI=1S/C13H19FN2O3S/c1-9-7-16(8-10(2)15-9)20(17,18)11-4-5-13(19-3)12(14)6-11/h4-6,9-10,15H,7-8H2,1-3H3/t9-,10-/m1/s1. The lowest BCUT2D eigenvalue weighted by atomic mass is 10.2. The van der Waals surface area contributed by atoms with Crippen LogP contribution in [-0.4, -0.2) is 45.0 Å². The zero-order valence-corrected chi connectivity index (χ0v) is 12.6. The summed E-state index contributed by atoms with van der Waals surface area (Å²) in [6.45, 7) is 4.60. The summed E-state index contributed by atoms with van der Waals surface area (Å²) >= 11 is 0. The molecule has 0 aliphatic carbocycles. The lowest BCUT2D eigenvalue weighted by Gasteiger charge is -2.35. The minimum atomic E-state index is -3.68. The Morgan fingerprint density at radius 1 is 1.30 bits per heavy atom. The molecule has 1 fully saturated rings. The molecule has 5 nitrogen and oxygen atoms in total. The van der Waals surface area contributed by atoms with Crippen LogP contribution in [0.15, 0.2) is 23.1 Å². The lowest BCUT2D eigenvalue weighted by Crippen LogP contribution is -2.55. The second-order valence-electron chi connectivity index (χ2n) is 5.09. The molecule has 0 radical (unpaired) electrons. The van der Waals surface area contributed by atoms with Gasteiger partial charge in [0.05, 0.1) is 12.0 Å². The highest BCUT2D eigenvalue weighted by Crippen LogP contribution is 2.24. The fourth-order valence-corrected chi connectivity index (χ4v) is 4.06. The van der Waals surface area contributed by atoms with E-state index in [4.69, 9.17) is 4.74 Å². The average Bonchev–Trinajstić information content (AvgIpc) is 2.37. The van der Waals surface area contributed by atoms with Crippen molar-refractivity contribution in [3.8, 4) is 5.75 Å². The summed E-state index contributed by atoms with van der Waals surface area (Å²) in [7, 11) is -2.34. The summed E-state index contributed by atoms with van der Waals surface area (Å²) in [6, 6.07) is 3.84. The molecule has 0 saturated carbocycles. The number of ether oxygens (including phenoxy) is 1. The first kappa shape index (κ1) is 15.2. The van der Waals surface area contributed by atoms with Crippen LogP contribution in [0.3, 0.4) is 0 Å². The van der Waals surface area contributed by atoms with E-state index in [1.165, 1.54) is 23.5 Å². The third-order valence-electron chi connectivity index (χ3n) is 3.29. The molecule has 7 heteroatoms. The first-order valence-corrected chi connectivity index (χ1v) is 7.88. The SMILES string of the molecule is COc1ccc(S(=O)(=O)N2C[C@@H](C)N[C@H](C)C2)cc1F. The third-order valence-corrected chi connectivity index (χ3v) is 5.11. The first-order chi connectivity index (χ1) is 9.34. The molecule has 112 valence electrons. The summed E-state index contributed by atoms with van der Waals surface area (Å²) in [5, 5.41) is 3.26. The Kier molecular flexibility index (Phi) is 4.31. The Bertz CT molecular complexity index is 581. The largest absolute Gasteiger partial charge is 0.494 e. The van der Waals surface area contributed by atoms with E-state index in [-0.39, 0.29) is 22.7 Å². The van der Waals surface area contributed by atoms with Gasteiger partial charge in [-0.3, -0.25) is 0 Å². The highest BCUT2D eigenvalue weighted by atomic mass is 32.2. The quantitative estimate of drug-likeness (QED) is 0.911. The average molecular weight is 302 g/mol. The van der Waals surface area contributed by atoms with E-state index in [1.807, 2.05) is 13.8 Å². The minimum Gasteiger partial charge on any atom is -0.494 e. The predicted molar refractivity (Wildman–Crippen MR) is 73.8 cm³/mol. The molecule has 1 aliphatic heterocycles. The second-order valence-corrected chi connectivity index (χ2v) is 7.03. The molecule has 2 atom stereocenters. The Hall–Kier alpha value is -1.18. The number of rotatable bonds is 3. The molecule has 1 aliphatic rings. The molecule has 1 N–H and O–H groups in total. The van der Waals surface area contributed by atoms with Crippen LogP contribution in [0.25, 0.3) is 0 Å². The van der Waals surface area contributed by atoms with Gasteiger partial charge < -0.3 is 10.1 Å². The van der Waals surface area contributed by atoms with Crippen molar-refractivity contribution in [1.82, 2.24) is 9.62 Å². The Labute approximate surface area is 118 Å². The topological polar surface area (TPSA) is 58.6 Å². The molecule has 1 heterocycles. The highest BCUT2D eigenvalue weighted by molar-refractivity contribution is 7.89. The fourth-order valence-electron chi connectivity index (χ4n) is 2.43. The zero-order valence-electron chi connectivity index (χ0n) is 11.8. The molecule has 1 saturated heterocycles. The zero-order chi connectivity index (χ0) is 14.9. The van der Waals surface area contributed by atoms with E-state index in [0.29, 0.717) is 13.1 Å². The van der Waals surface area contributed by atoms with E-state index in [2.05, 4.69) is 5.32 Å². The highest BCUT2D eigenvalue weighted by Gasteiger charge is 2.31. The second kappa shape index (κ2) is 5.67. The molecule has 1 aromatic carbocycles. The van der Waals surface area contributed by atoms with Crippen LogP contribution < -0.4 is 10.1 Å². The van der Waals surface area contributed by atoms with Crippen molar-refractivity contribution in [2.75, 3.05) is 20.2 Å². The number of hydrogen-bond donors (Lipinski definition) is 1. The van der Waals surface area contributed by atoms with Crippen molar-refractivity contribution in [1.29, 1.82) is 0 Å². The van der Waals surface area contributed by atoms with E-state index in [9.17, 15) is 12.8 Å². The fraction of sp³-hybridized carbons (Fsp3) is 0.538. The number of piperazine rings is 1. The van der Waals surface area contributed by atoms with Gasteiger partial charge in [0.2, 0.25) is 10.0 Å². The third kappa shape index (κ3) is 2.94. The van der Waals surface area contributed by atoms with E-state index >= 15 is 0 Å². The molecule has 0 aromatic heterocycles. The van der Waals surface area contributed by atoms with Crippen molar-refractivity contribution >= 4 is 10.0 Å². The maximum Gasteiger partial charge on any atom is 0.243 e. The van der Waals surface area contributed by atoms with Gasteiger partial charge in [-0.05, 0) is 32.0 Å². The van der Waals surface area contributed by atoms with Crippen molar-refractivity contribution < 1.29 is 17.5 Å². The van der Waals surface area contributed by atoms with E-state index < -0.39 is 15.8 Å². The van der Waals surface area contributed by atoms with Crippen LogP contribution in [0.1, 0.15) is 13.8 Å². The van der Waals surface area contributed by atoms with Gasteiger partial charge in [0, 0.05) is 25.2 Å². The summed E-state index contributed by atoms with van der Waals surface area (Å²) in [5.41, 5.74) is 0. The smallest absolute Gasteiger partial charge is 0.243 e. The number of benzene rings is 1. The summed E-state index contributed by atoms with van der Waals surface area (Å²) in [5.74, 6) is -0.643. The van der Waals surface area contributed by atoms with Gasteiger partial charge in [0.15, 0.2) is 11.6 Å². The van der Waals surface area contributed by atoms with Crippen molar-refractivity contribution in [2.45, 2.75) is 30.8 Å². The maximum absolute atomic E-state index is 13.7. The number of nitrogens with one attached hydrogen (secondary N) is 1. The Morgan fingerprint density at radius 2 is 1.90 bits per heavy atom. The first-order valence-electron chi connectivity index (χ1n) is 6.44. The van der Waals surface area contributed by atoms with Crippen LogP contribution in [0, 0.1) is 5.82 Å². The Morgan fingerprint density at radius 3 is 2.40 bits per heavy atom. The molecule has 2 rings (SSSR count). The normalized spacial score (nSPS) is 24.6. The minimum absolute atomic E-state index is 0.0333. The van der Waals surface area contributed by atoms with Crippen LogP contribution in [0.4, 0.5) is 4.39 Å². The summed E-state index contributed by atoms with van der Waals surface area (Å²) in [4.78, 5) is -0.0444. The number of halogens is 1. The molecule has 0 unspecified atom stereocenters. The molecular formula is C13H19FN2O3S. The van der Waals surface area contributed by atoms with E-state index in [1.54, 1.807) is 0 Å². The van der Waals surface area contributed by atoms with Crippen LogP contribution in [0.5, 0.6) is 5.75 Å². The van der Waals surface area contributed by atoms with Gasteiger partial charge >= 0.3 is 0 Å². The van der Waals surface area contributed by atoms with Crippen LogP contribution in [0.2, 0.25) is 0 Å². The van der Waals surface area contributed by atoms with Crippen molar-refractivity contribution in [2.24, 2.45) is 0 Å². The number of hydrogen-bond acceptors (Lipinski definition) is 4. The Balaban J connectivity index is 2.32. The molecule has 0 bridgehead atoms. The molecular weight excluding hydrogens is 283 g/mol. The van der Waals surface area contributed by atoms with Crippen LogP contribution >= 0.6 is 0 Å². The summed E-state index contributed by atoms with van der Waals surface area (Å²) in [6.07, 6.45) is 0. The van der Waals surface area contributed by atoms with Crippen LogP contribution in [-0.2, 0) is 10.0 Å².